The van der Waals surface area contributed by atoms with Gasteiger partial charge in [0.2, 0.25) is 5.91 Å². The topological polar surface area (TPSA) is 52.6 Å². The van der Waals surface area contributed by atoms with Crippen LogP contribution in [0.1, 0.15) is 51.9 Å². The Morgan fingerprint density at radius 3 is 2.50 bits per heavy atom. The average Bonchev–Trinajstić information content (AvgIpc) is 3.12. The summed E-state index contributed by atoms with van der Waals surface area (Å²) in [4.78, 5) is 14.1. The van der Waals surface area contributed by atoms with Gasteiger partial charge in [0, 0.05) is 18.6 Å². The SMILES string of the molecule is CC(O)CN(CC(=O)NC1CC1)C1CCCCC1. The summed E-state index contributed by atoms with van der Waals surface area (Å²) in [5.74, 6) is 0.128. The van der Waals surface area contributed by atoms with E-state index in [2.05, 4.69) is 10.2 Å². The fourth-order valence-corrected chi connectivity index (χ4v) is 2.81. The van der Waals surface area contributed by atoms with Gasteiger partial charge < -0.3 is 10.4 Å². The molecule has 2 aliphatic rings. The van der Waals surface area contributed by atoms with Gasteiger partial charge in [0.05, 0.1) is 12.6 Å². The zero-order valence-electron chi connectivity index (χ0n) is 11.4. The minimum Gasteiger partial charge on any atom is -0.392 e. The van der Waals surface area contributed by atoms with Gasteiger partial charge in [0.25, 0.3) is 0 Å². The van der Waals surface area contributed by atoms with Crippen molar-refractivity contribution in [3.8, 4) is 0 Å². The molecule has 1 amide bonds. The van der Waals surface area contributed by atoms with Gasteiger partial charge in [0.1, 0.15) is 0 Å². The maximum atomic E-state index is 11.9. The summed E-state index contributed by atoms with van der Waals surface area (Å²) in [7, 11) is 0. The molecule has 0 aromatic rings. The lowest BCUT2D eigenvalue weighted by atomic mass is 9.94. The lowest BCUT2D eigenvalue weighted by molar-refractivity contribution is -0.123. The molecule has 0 radical (unpaired) electrons. The van der Waals surface area contributed by atoms with Crippen LogP contribution in [0, 0.1) is 0 Å². The molecule has 0 aliphatic heterocycles. The van der Waals surface area contributed by atoms with Crippen LogP contribution in [0.2, 0.25) is 0 Å². The van der Waals surface area contributed by atoms with Crippen molar-refractivity contribution in [1.29, 1.82) is 0 Å². The summed E-state index contributed by atoms with van der Waals surface area (Å²) in [5.41, 5.74) is 0. The average molecular weight is 254 g/mol. The molecule has 0 saturated heterocycles. The number of aliphatic hydroxyl groups is 1. The van der Waals surface area contributed by atoms with E-state index < -0.39 is 0 Å². The fraction of sp³-hybridized carbons (Fsp3) is 0.929. The number of aliphatic hydroxyl groups excluding tert-OH is 1. The highest BCUT2D eigenvalue weighted by atomic mass is 16.3. The number of nitrogens with one attached hydrogen (secondary N) is 1. The van der Waals surface area contributed by atoms with E-state index in [9.17, 15) is 9.90 Å². The highest BCUT2D eigenvalue weighted by Gasteiger charge is 2.27. The van der Waals surface area contributed by atoms with E-state index in [-0.39, 0.29) is 12.0 Å². The van der Waals surface area contributed by atoms with Crippen LogP contribution >= 0.6 is 0 Å². The maximum absolute atomic E-state index is 11.9. The highest BCUT2D eigenvalue weighted by molar-refractivity contribution is 5.78. The van der Waals surface area contributed by atoms with E-state index in [1.165, 1.54) is 32.1 Å². The summed E-state index contributed by atoms with van der Waals surface area (Å²) in [6, 6.07) is 0.913. The van der Waals surface area contributed by atoms with Crippen molar-refractivity contribution in [3.05, 3.63) is 0 Å². The highest BCUT2D eigenvalue weighted by Crippen LogP contribution is 2.23. The number of amides is 1. The standard InChI is InChI=1S/C14H26N2O2/c1-11(17)9-16(13-5-3-2-4-6-13)10-14(18)15-12-7-8-12/h11-13,17H,2-10H2,1H3,(H,15,18). The monoisotopic (exact) mass is 254 g/mol. The molecule has 1 unspecified atom stereocenters. The molecule has 0 spiro atoms. The van der Waals surface area contributed by atoms with Crippen LogP contribution in [0.5, 0.6) is 0 Å². The zero-order valence-corrected chi connectivity index (χ0v) is 11.4. The third-order valence-electron chi connectivity index (χ3n) is 3.88. The first-order valence-corrected chi connectivity index (χ1v) is 7.36. The Bertz CT molecular complexity index is 271. The Labute approximate surface area is 110 Å². The Morgan fingerprint density at radius 1 is 1.28 bits per heavy atom. The van der Waals surface area contributed by atoms with Crippen LogP contribution < -0.4 is 5.32 Å². The molecule has 2 N–H and O–H groups in total. The van der Waals surface area contributed by atoms with E-state index in [0.29, 0.717) is 25.2 Å². The van der Waals surface area contributed by atoms with E-state index in [1.807, 2.05) is 0 Å². The first-order valence-electron chi connectivity index (χ1n) is 7.36. The third-order valence-corrected chi connectivity index (χ3v) is 3.88. The van der Waals surface area contributed by atoms with Crippen LogP contribution in [0.15, 0.2) is 0 Å². The molecule has 4 nitrogen and oxygen atoms in total. The Balaban J connectivity index is 1.83. The van der Waals surface area contributed by atoms with Crippen molar-refractivity contribution < 1.29 is 9.90 Å². The van der Waals surface area contributed by atoms with Gasteiger partial charge in [-0.3, -0.25) is 9.69 Å². The summed E-state index contributed by atoms with van der Waals surface area (Å²) >= 11 is 0. The smallest absolute Gasteiger partial charge is 0.234 e. The second kappa shape index (κ2) is 6.53. The number of hydrogen-bond donors (Lipinski definition) is 2. The summed E-state index contributed by atoms with van der Waals surface area (Å²) in [6.07, 6.45) is 8.06. The predicted molar refractivity (Wildman–Crippen MR) is 71.3 cm³/mol. The molecule has 18 heavy (non-hydrogen) atoms. The number of nitrogens with zero attached hydrogens (tertiary/aromatic N) is 1. The molecule has 4 heteroatoms. The number of carbonyl (C=O) groups excluding carboxylic acids is 1. The third kappa shape index (κ3) is 4.58. The maximum Gasteiger partial charge on any atom is 0.234 e. The van der Waals surface area contributed by atoms with Crippen molar-refractivity contribution >= 4 is 5.91 Å². The van der Waals surface area contributed by atoms with Gasteiger partial charge >= 0.3 is 0 Å². The molecule has 0 aromatic heterocycles. The van der Waals surface area contributed by atoms with Crippen molar-refractivity contribution in [2.45, 2.75) is 70.1 Å². The first-order chi connectivity index (χ1) is 8.65. The quantitative estimate of drug-likeness (QED) is 0.751. The van der Waals surface area contributed by atoms with Gasteiger partial charge in [-0.05, 0) is 32.6 Å². The van der Waals surface area contributed by atoms with E-state index in [4.69, 9.17) is 0 Å². The molecule has 2 aliphatic carbocycles. The molecular formula is C14H26N2O2. The van der Waals surface area contributed by atoms with Gasteiger partial charge in [-0.2, -0.15) is 0 Å². The summed E-state index contributed by atoms with van der Waals surface area (Å²) < 4.78 is 0. The molecule has 0 bridgehead atoms. The van der Waals surface area contributed by atoms with Crippen molar-refractivity contribution in [3.63, 3.8) is 0 Å². The molecule has 0 heterocycles. The molecule has 1 atom stereocenters. The summed E-state index contributed by atoms with van der Waals surface area (Å²) in [6.45, 7) is 2.86. The van der Waals surface area contributed by atoms with Crippen molar-refractivity contribution in [1.82, 2.24) is 10.2 Å². The van der Waals surface area contributed by atoms with Crippen molar-refractivity contribution in [2.75, 3.05) is 13.1 Å². The Kier molecular flexibility index (Phi) is 5.01. The second-order valence-electron chi connectivity index (χ2n) is 5.91. The van der Waals surface area contributed by atoms with Gasteiger partial charge in [-0.1, -0.05) is 19.3 Å². The molecule has 2 saturated carbocycles. The summed E-state index contributed by atoms with van der Waals surface area (Å²) in [5, 5.41) is 12.6. The fourth-order valence-electron chi connectivity index (χ4n) is 2.81. The number of rotatable bonds is 6. The van der Waals surface area contributed by atoms with Crippen LogP contribution in [0.25, 0.3) is 0 Å². The normalized spacial score (nSPS) is 23.1. The lowest BCUT2D eigenvalue weighted by Crippen LogP contribution is -2.46. The number of hydrogen-bond acceptors (Lipinski definition) is 3. The molecular weight excluding hydrogens is 228 g/mol. The molecule has 0 aromatic carbocycles. The molecule has 2 fully saturated rings. The van der Waals surface area contributed by atoms with E-state index in [1.54, 1.807) is 6.92 Å². The zero-order chi connectivity index (χ0) is 13.0. The van der Waals surface area contributed by atoms with Gasteiger partial charge in [0.15, 0.2) is 0 Å². The van der Waals surface area contributed by atoms with E-state index in [0.717, 1.165) is 12.8 Å². The molecule has 104 valence electrons. The lowest BCUT2D eigenvalue weighted by Gasteiger charge is -2.34. The minimum absolute atomic E-state index is 0.128. The Hall–Kier alpha value is -0.610. The van der Waals surface area contributed by atoms with Crippen LogP contribution in [0.3, 0.4) is 0 Å². The first kappa shape index (κ1) is 13.8. The largest absolute Gasteiger partial charge is 0.392 e. The second-order valence-corrected chi connectivity index (χ2v) is 5.91. The Morgan fingerprint density at radius 2 is 1.94 bits per heavy atom. The van der Waals surface area contributed by atoms with Crippen LogP contribution in [-0.2, 0) is 4.79 Å². The predicted octanol–water partition coefficient (Wildman–Crippen LogP) is 1.28. The van der Waals surface area contributed by atoms with Crippen LogP contribution in [-0.4, -0.2) is 47.2 Å². The number of carbonyl (C=O) groups is 1. The minimum atomic E-state index is -0.361. The van der Waals surface area contributed by atoms with Gasteiger partial charge in [-0.25, -0.2) is 0 Å². The van der Waals surface area contributed by atoms with Crippen molar-refractivity contribution in [2.24, 2.45) is 0 Å². The molecule has 2 rings (SSSR count). The van der Waals surface area contributed by atoms with Crippen LogP contribution in [0.4, 0.5) is 0 Å². The van der Waals surface area contributed by atoms with E-state index >= 15 is 0 Å². The van der Waals surface area contributed by atoms with Gasteiger partial charge in [-0.15, -0.1) is 0 Å².